The summed E-state index contributed by atoms with van der Waals surface area (Å²) in [5.74, 6) is 1.31. The van der Waals surface area contributed by atoms with Crippen LogP contribution in [-0.2, 0) is 27.7 Å². The number of aromatic nitrogens is 2. The van der Waals surface area contributed by atoms with Crippen molar-refractivity contribution in [2.45, 2.75) is 32.0 Å². The summed E-state index contributed by atoms with van der Waals surface area (Å²) in [7, 11) is -1.44. The third kappa shape index (κ3) is 4.93. The van der Waals surface area contributed by atoms with Crippen molar-refractivity contribution in [2.75, 3.05) is 23.5 Å². The molecule has 2 aromatic carbocycles. The lowest BCUT2D eigenvalue weighted by Gasteiger charge is -2.27. The number of rotatable bonds is 6. The molecule has 0 radical (unpaired) electrons. The monoisotopic (exact) mass is 494 g/mol. The van der Waals surface area contributed by atoms with Gasteiger partial charge in [-0.1, -0.05) is 12.1 Å². The molecule has 1 fully saturated rings. The predicted molar refractivity (Wildman–Crippen MR) is 131 cm³/mol. The number of nitrogens with zero attached hydrogens (tertiary/aromatic N) is 3. The van der Waals surface area contributed by atoms with Crippen LogP contribution in [-0.4, -0.2) is 54.7 Å². The maximum absolute atomic E-state index is 12.8. The van der Waals surface area contributed by atoms with Crippen LogP contribution in [0.25, 0.3) is 11.3 Å². The Morgan fingerprint density at radius 1 is 1.14 bits per heavy atom. The number of carbonyl (C=O) groups is 2. The van der Waals surface area contributed by atoms with Crippen LogP contribution >= 0.6 is 0 Å². The molecule has 1 aromatic heterocycles. The van der Waals surface area contributed by atoms with Crippen molar-refractivity contribution in [1.29, 1.82) is 0 Å². The van der Waals surface area contributed by atoms with Crippen LogP contribution in [0.1, 0.15) is 28.8 Å². The smallest absolute Gasteiger partial charge is 0.251 e. The van der Waals surface area contributed by atoms with E-state index in [1.54, 1.807) is 24.1 Å². The fraction of sp³-hybridized carbons (Fsp3) is 0.320. The highest BCUT2D eigenvalue weighted by Crippen LogP contribution is 2.30. The Kier molecular flexibility index (Phi) is 6.06. The normalized spacial score (nSPS) is 18.8. The van der Waals surface area contributed by atoms with Gasteiger partial charge in [0, 0.05) is 29.7 Å². The van der Waals surface area contributed by atoms with Crippen molar-refractivity contribution in [1.82, 2.24) is 15.1 Å². The zero-order chi connectivity index (χ0) is 24.6. The van der Waals surface area contributed by atoms with Gasteiger partial charge in [-0.3, -0.25) is 14.5 Å². The van der Waals surface area contributed by atoms with Crippen molar-refractivity contribution in [3.63, 3.8) is 0 Å². The number of nitrogens with one attached hydrogen (secondary N) is 1. The van der Waals surface area contributed by atoms with E-state index in [9.17, 15) is 18.0 Å². The Hall–Kier alpha value is -3.66. The summed E-state index contributed by atoms with van der Waals surface area (Å²) >= 11 is 0. The lowest BCUT2D eigenvalue weighted by atomic mass is 10.1. The Labute approximate surface area is 203 Å². The fourth-order valence-electron chi connectivity index (χ4n) is 4.45. The molecule has 0 unspecified atom stereocenters. The second-order valence-electron chi connectivity index (χ2n) is 8.84. The minimum atomic E-state index is -3.06. The minimum Gasteiger partial charge on any atom is -0.497 e. The number of aryl methyl sites for hydroxylation is 1. The number of methoxy groups -OCH3 is 1. The van der Waals surface area contributed by atoms with Gasteiger partial charge in [-0.2, -0.15) is 5.10 Å². The van der Waals surface area contributed by atoms with E-state index >= 15 is 0 Å². The molecule has 1 N–H and O–H groups in total. The van der Waals surface area contributed by atoms with Gasteiger partial charge in [-0.25, -0.2) is 13.1 Å². The quantitative estimate of drug-likeness (QED) is 0.564. The van der Waals surface area contributed by atoms with Gasteiger partial charge >= 0.3 is 0 Å². The van der Waals surface area contributed by atoms with Gasteiger partial charge in [0.1, 0.15) is 11.6 Å². The number of amides is 2. The van der Waals surface area contributed by atoms with Crippen molar-refractivity contribution < 1.29 is 22.7 Å². The zero-order valence-electron chi connectivity index (χ0n) is 19.3. The number of hydrogen-bond acceptors (Lipinski definition) is 6. The molecular formula is C25H26N4O5S. The Balaban J connectivity index is 1.30. The number of ether oxygens (including phenoxy) is 1. The molecule has 1 atom stereocenters. The number of sulfone groups is 1. The number of anilines is 1. The Bertz CT molecular complexity index is 1360. The topological polar surface area (TPSA) is 111 Å². The minimum absolute atomic E-state index is 0.0138. The van der Waals surface area contributed by atoms with Gasteiger partial charge < -0.3 is 10.1 Å². The second-order valence-corrected chi connectivity index (χ2v) is 11.1. The number of carbonyl (C=O) groups excluding carboxylic acids is 2. The first kappa shape index (κ1) is 23.1. The maximum atomic E-state index is 12.8. The SMILES string of the molecule is COc1ccc(-c2cc3n(n2)CCC(=O)N3Cc2ccc(C(=O)N[C@@H]3CCS(=O)(=O)C3)cc2)cc1. The van der Waals surface area contributed by atoms with Crippen molar-refractivity contribution in [3.8, 4) is 17.0 Å². The summed E-state index contributed by atoms with van der Waals surface area (Å²) in [4.78, 5) is 27.0. The van der Waals surface area contributed by atoms with Gasteiger partial charge in [-0.05, 0) is 48.4 Å². The molecule has 3 aromatic rings. The van der Waals surface area contributed by atoms with Gasteiger partial charge in [-0.15, -0.1) is 0 Å². The van der Waals surface area contributed by atoms with E-state index in [0.717, 1.165) is 28.4 Å². The number of benzene rings is 2. The number of fused-ring (bicyclic) bond motifs is 1. The van der Waals surface area contributed by atoms with Crippen LogP contribution in [0.15, 0.2) is 54.6 Å². The van der Waals surface area contributed by atoms with Crippen LogP contribution in [0, 0.1) is 0 Å². The highest BCUT2D eigenvalue weighted by atomic mass is 32.2. The van der Waals surface area contributed by atoms with E-state index in [0.29, 0.717) is 31.5 Å². The second kappa shape index (κ2) is 9.18. The first-order valence-corrected chi connectivity index (χ1v) is 13.3. The Morgan fingerprint density at radius 3 is 2.54 bits per heavy atom. The molecular weight excluding hydrogens is 468 g/mol. The van der Waals surface area contributed by atoms with E-state index < -0.39 is 9.84 Å². The average Bonchev–Trinajstić information content (AvgIpc) is 3.44. The predicted octanol–water partition coefficient (Wildman–Crippen LogP) is 2.41. The summed E-state index contributed by atoms with van der Waals surface area (Å²) < 4.78 is 30.3. The lowest BCUT2D eigenvalue weighted by molar-refractivity contribution is -0.119. The molecule has 35 heavy (non-hydrogen) atoms. The summed E-state index contributed by atoms with van der Waals surface area (Å²) in [6, 6.07) is 16.2. The van der Waals surface area contributed by atoms with Crippen molar-refractivity contribution >= 4 is 27.5 Å². The van der Waals surface area contributed by atoms with E-state index in [1.165, 1.54) is 0 Å². The maximum Gasteiger partial charge on any atom is 0.251 e. The van der Waals surface area contributed by atoms with Crippen LogP contribution in [0.2, 0.25) is 0 Å². The standard InChI is InChI=1S/C25H26N4O5S/c1-34-21-8-6-18(7-9-21)22-14-23-28(24(30)10-12-29(23)27-22)15-17-2-4-19(5-3-17)25(31)26-20-11-13-35(32,33)16-20/h2-9,14,20H,10-13,15-16H2,1H3,(H,26,31)/t20-/m1/s1. The Morgan fingerprint density at radius 2 is 1.89 bits per heavy atom. The summed E-state index contributed by atoms with van der Waals surface area (Å²) in [5.41, 5.74) is 3.04. The summed E-state index contributed by atoms with van der Waals surface area (Å²) in [5, 5.41) is 7.48. The molecule has 0 spiro atoms. The van der Waals surface area contributed by atoms with Gasteiger partial charge in [0.15, 0.2) is 9.84 Å². The molecule has 2 aliphatic heterocycles. The van der Waals surface area contributed by atoms with E-state index in [1.807, 2.05) is 47.1 Å². The largest absolute Gasteiger partial charge is 0.497 e. The third-order valence-electron chi connectivity index (χ3n) is 6.38. The highest BCUT2D eigenvalue weighted by molar-refractivity contribution is 7.91. The first-order valence-electron chi connectivity index (χ1n) is 11.4. The fourth-order valence-corrected chi connectivity index (χ4v) is 6.12. The molecule has 5 rings (SSSR count). The summed E-state index contributed by atoms with van der Waals surface area (Å²) in [6.07, 6.45) is 0.803. The molecule has 0 saturated carbocycles. The van der Waals surface area contributed by atoms with Crippen molar-refractivity contribution in [2.24, 2.45) is 0 Å². The van der Waals surface area contributed by atoms with E-state index in [-0.39, 0.29) is 29.4 Å². The first-order chi connectivity index (χ1) is 16.8. The molecule has 0 aliphatic carbocycles. The third-order valence-corrected chi connectivity index (χ3v) is 8.15. The average molecular weight is 495 g/mol. The molecule has 2 amide bonds. The highest BCUT2D eigenvalue weighted by Gasteiger charge is 2.29. The van der Waals surface area contributed by atoms with Gasteiger partial charge in [0.2, 0.25) is 5.91 Å². The number of hydrogen-bond donors (Lipinski definition) is 1. The van der Waals surface area contributed by atoms with Crippen LogP contribution in [0.5, 0.6) is 5.75 Å². The lowest BCUT2D eigenvalue weighted by Crippen LogP contribution is -2.37. The summed E-state index contributed by atoms with van der Waals surface area (Å²) in [6.45, 7) is 0.881. The van der Waals surface area contributed by atoms with E-state index in [4.69, 9.17) is 4.74 Å². The molecule has 182 valence electrons. The zero-order valence-corrected chi connectivity index (χ0v) is 20.1. The van der Waals surface area contributed by atoms with Crippen molar-refractivity contribution in [3.05, 3.63) is 65.7 Å². The molecule has 3 heterocycles. The molecule has 0 bridgehead atoms. The van der Waals surface area contributed by atoms with Gasteiger partial charge in [0.25, 0.3) is 5.91 Å². The molecule has 10 heteroatoms. The molecule has 2 aliphatic rings. The molecule has 9 nitrogen and oxygen atoms in total. The molecule has 1 saturated heterocycles. The van der Waals surface area contributed by atoms with Crippen LogP contribution < -0.4 is 15.0 Å². The van der Waals surface area contributed by atoms with Crippen LogP contribution in [0.4, 0.5) is 5.82 Å². The van der Waals surface area contributed by atoms with E-state index in [2.05, 4.69) is 10.4 Å². The van der Waals surface area contributed by atoms with Crippen LogP contribution in [0.3, 0.4) is 0 Å². The van der Waals surface area contributed by atoms with Gasteiger partial charge in [0.05, 0.1) is 37.4 Å².